The van der Waals surface area contributed by atoms with Crippen molar-refractivity contribution in [3.05, 3.63) is 29.3 Å². The second-order valence-electron chi connectivity index (χ2n) is 5.76. The van der Waals surface area contributed by atoms with Gasteiger partial charge in [0, 0.05) is 30.3 Å². The van der Waals surface area contributed by atoms with Crippen molar-refractivity contribution in [3.8, 4) is 0 Å². The van der Waals surface area contributed by atoms with Crippen molar-refractivity contribution in [1.82, 2.24) is 10.6 Å². The quantitative estimate of drug-likeness (QED) is 0.785. The van der Waals surface area contributed by atoms with E-state index in [1.54, 1.807) is 6.07 Å². The smallest absolute Gasteiger partial charge is 0.251 e. The summed E-state index contributed by atoms with van der Waals surface area (Å²) in [6.07, 6.45) is 4.61. The number of benzene rings is 1. The Balaban J connectivity index is 1.56. The molecule has 0 saturated carbocycles. The summed E-state index contributed by atoms with van der Waals surface area (Å²) in [4.78, 5) is 23.5. The van der Waals surface area contributed by atoms with E-state index in [9.17, 15) is 9.59 Å². The fourth-order valence-corrected chi connectivity index (χ4v) is 2.99. The molecule has 2 aliphatic heterocycles. The van der Waals surface area contributed by atoms with Gasteiger partial charge in [-0.05, 0) is 56.0 Å². The number of amides is 2. The second kappa shape index (κ2) is 6.26. The van der Waals surface area contributed by atoms with Crippen LogP contribution in [0.1, 0.15) is 41.6 Å². The molecule has 112 valence electrons. The number of fused-ring (bicyclic) bond motifs is 1. The molecule has 2 amide bonds. The van der Waals surface area contributed by atoms with Crippen LogP contribution in [-0.4, -0.2) is 30.9 Å². The zero-order chi connectivity index (χ0) is 14.7. The zero-order valence-electron chi connectivity index (χ0n) is 12.1. The lowest BCUT2D eigenvalue weighted by molar-refractivity contribution is -0.116. The van der Waals surface area contributed by atoms with E-state index in [0.29, 0.717) is 31.0 Å². The number of rotatable bonds is 4. The van der Waals surface area contributed by atoms with Crippen molar-refractivity contribution in [1.29, 1.82) is 0 Å². The summed E-state index contributed by atoms with van der Waals surface area (Å²) in [5, 5.41) is 9.23. The molecule has 1 atom stereocenters. The molecule has 1 aromatic rings. The number of hydrogen-bond acceptors (Lipinski definition) is 3. The lowest BCUT2D eigenvalue weighted by atomic mass is 10.00. The molecule has 2 aliphatic rings. The Hall–Kier alpha value is -1.88. The van der Waals surface area contributed by atoms with Gasteiger partial charge in [0.25, 0.3) is 5.91 Å². The fraction of sp³-hybridized carbons (Fsp3) is 0.500. The highest BCUT2D eigenvalue weighted by atomic mass is 16.2. The molecule has 3 N–H and O–H groups in total. The van der Waals surface area contributed by atoms with E-state index in [4.69, 9.17) is 0 Å². The van der Waals surface area contributed by atoms with Gasteiger partial charge in [0.2, 0.25) is 5.91 Å². The standard InChI is InChI=1S/C16H21N3O2/c20-15-6-4-11-10-12(3-5-14(11)19-15)16(21)18-9-7-13-2-1-8-17-13/h3,5,10,13,17H,1-2,4,6-9H2,(H,18,21)(H,19,20). The average molecular weight is 287 g/mol. The zero-order valence-corrected chi connectivity index (χ0v) is 12.1. The van der Waals surface area contributed by atoms with Crippen molar-refractivity contribution >= 4 is 17.5 Å². The Morgan fingerprint density at radius 3 is 3.05 bits per heavy atom. The van der Waals surface area contributed by atoms with Gasteiger partial charge in [-0.25, -0.2) is 0 Å². The van der Waals surface area contributed by atoms with Gasteiger partial charge in [-0.3, -0.25) is 9.59 Å². The van der Waals surface area contributed by atoms with Crippen LogP contribution in [0.2, 0.25) is 0 Å². The molecule has 1 saturated heterocycles. The Bertz CT molecular complexity index is 550. The van der Waals surface area contributed by atoms with Gasteiger partial charge < -0.3 is 16.0 Å². The molecule has 0 spiro atoms. The number of carbonyl (C=O) groups is 2. The normalized spacial score (nSPS) is 20.8. The Labute approximate surface area is 124 Å². The van der Waals surface area contributed by atoms with Gasteiger partial charge in [0.05, 0.1) is 0 Å². The third-order valence-electron chi connectivity index (χ3n) is 4.20. The van der Waals surface area contributed by atoms with Crippen LogP contribution in [0, 0.1) is 0 Å². The molecule has 1 unspecified atom stereocenters. The van der Waals surface area contributed by atoms with Gasteiger partial charge in [0.1, 0.15) is 0 Å². The third-order valence-corrected chi connectivity index (χ3v) is 4.20. The van der Waals surface area contributed by atoms with E-state index in [-0.39, 0.29) is 11.8 Å². The predicted octanol–water partition coefficient (Wildman–Crippen LogP) is 1.44. The van der Waals surface area contributed by atoms with E-state index < -0.39 is 0 Å². The summed E-state index contributed by atoms with van der Waals surface area (Å²) < 4.78 is 0. The number of anilines is 1. The molecular formula is C16H21N3O2. The van der Waals surface area contributed by atoms with Crippen molar-refractivity contribution in [2.45, 2.75) is 38.1 Å². The van der Waals surface area contributed by atoms with Gasteiger partial charge >= 0.3 is 0 Å². The molecule has 3 rings (SSSR count). The second-order valence-corrected chi connectivity index (χ2v) is 5.76. The molecule has 21 heavy (non-hydrogen) atoms. The van der Waals surface area contributed by atoms with Crippen LogP contribution < -0.4 is 16.0 Å². The summed E-state index contributed by atoms with van der Waals surface area (Å²) in [6.45, 7) is 1.79. The lowest BCUT2D eigenvalue weighted by Gasteiger charge is -2.17. The summed E-state index contributed by atoms with van der Waals surface area (Å²) in [5.41, 5.74) is 2.54. The maximum Gasteiger partial charge on any atom is 0.251 e. The molecule has 0 bridgehead atoms. The summed E-state index contributed by atoms with van der Waals surface area (Å²) in [7, 11) is 0. The Morgan fingerprint density at radius 1 is 1.33 bits per heavy atom. The Morgan fingerprint density at radius 2 is 2.24 bits per heavy atom. The predicted molar refractivity (Wildman–Crippen MR) is 81.4 cm³/mol. The summed E-state index contributed by atoms with van der Waals surface area (Å²) >= 11 is 0. The first kappa shape index (κ1) is 14.1. The minimum atomic E-state index is -0.0345. The molecular weight excluding hydrogens is 266 g/mol. The number of aryl methyl sites for hydroxylation is 1. The first-order chi connectivity index (χ1) is 10.2. The first-order valence-corrected chi connectivity index (χ1v) is 7.67. The van der Waals surface area contributed by atoms with Gasteiger partial charge in [0.15, 0.2) is 0 Å². The average Bonchev–Trinajstić information content (AvgIpc) is 3.00. The molecule has 0 radical (unpaired) electrons. The minimum absolute atomic E-state index is 0.0345. The van der Waals surface area contributed by atoms with Crippen molar-refractivity contribution in [3.63, 3.8) is 0 Å². The van der Waals surface area contributed by atoms with E-state index in [1.165, 1.54) is 12.8 Å². The highest BCUT2D eigenvalue weighted by molar-refractivity contribution is 5.97. The molecule has 1 aromatic carbocycles. The largest absolute Gasteiger partial charge is 0.352 e. The third kappa shape index (κ3) is 3.42. The maximum absolute atomic E-state index is 12.1. The van der Waals surface area contributed by atoms with E-state index in [0.717, 1.165) is 24.2 Å². The minimum Gasteiger partial charge on any atom is -0.352 e. The topological polar surface area (TPSA) is 70.2 Å². The van der Waals surface area contributed by atoms with Gasteiger partial charge in [-0.1, -0.05) is 0 Å². The number of nitrogens with one attached hydrogen (secondary N) is 3. The first-order valence-electron chi connectivity index (χ1n) is 7.67. The molecule has 1 fully saturated rings. The van der Waals surface area contributed by atoms with E-state index >= 15 is 0 Å². The van der Waals surface area contributed by atoms with E-state index in [1.807, 2.05) is 12.1 Å². The maximum atomic E-state index is 12.1. The SMILES string of the molecule is O=C1CCc2cc(C(=O)NCCC3CCCN3)ccc2N1. The molecule has 0 aromatic heterocycles. The van der Waals surface area contributed by atoms with Crippen LogP contribution in [0.5, 0.6) is 0 Å². The summed E-state index contributed by atoms with van der Waals surface area (Å²) in [6, 6.07) is 6.02. The van der Waals surface area contributed by atoms with Crippen LogP contribution in [0.25, 0.3) is 0 Å². The fourth-order valence-electron chi connectivity index (χ4n) is 2.99. The van der Waals surface area contributed by atoms with Crippen LogP contribution in [0.15, 0.2) is 18.2 Å². The van der Waals surface area contributed by atoms with Crippen molar-refractivity contribution < 1.29 is 9.59 Å². The highest BCUT2D eigenvalue weighted by Gasteiger charge is 2.17. The van der Waals surface area contributed by atoms with Crippen LogP contribution in [0.3, 0.4) is 0 Å². The van der Waals surface area contributed by atoms with Gasteiger partial charge in [-0.2, -0.15) is 0 Å². The molecule has 2 heterocycles. The number of carbonyl (C=O) groups excluding carboxylic acids is 2. The van der Waals surface area contributed by atoms with Crippen molar-refractivity contribution in [2.75, 3.05) is 18.4 Å². The van der Waals surface area contributed by atoms with Gasteiger partial charge in [-0.15, -0.1) is 0 Å². The lowest BCUT2D eigenvalue weighted by Crippen LogP contribution is -2.30. The van der Waals surface area contributed by atoms with Crippen LogP contribution >= 0.6 is 0 Å². The van der Waals surface area contributed by atoms with E-state index in [2.05, 4.69) is 16.0 Å². The number of hydrogen-bond donors (Lipinski definition) is 3. The van der Waals surface area contributed by atoms with Crippen LogP contribution in [-0.2, 0) is 11.2 Å². The monoisotopic (exact) mass is 287 g/mol. The highest BCUT2D eigenvalue weighted by Crippen LogP contribution is 2.23. The summed E-state index contributed by atoms with van der Waals surface area (Å²) in [5.74, 6) is 0.0106. The van der Waals surface area contributed by atoms with Crippen LogP contribution in [0.4, 0.5) is 5.69 Å². The molecule has 0 aliphatic carbocycles. The molecule has 5 nitrogen and oxygen atoms in total. The molecule has 5 heteroatoms. The van der Waals surface area contributed by atoms with Crippen molar-refractivity contribution in [2.24, 2.45) is 0 Å². The Kier molecular flexibility index (Phi) is 4.20.